The minimum absolute atomic E-state index is 0.0793. The van der Waals surface area contributed by atoms with Crippen LogP contribution in [0.5, 0.6) is 11.5 Å². The van der Waals surface area contributed by atoms with Gasteiger partial charge < -0.3 is 15.2 Å². The van der Waals surface area contributed by atoms with Gasteiger partial charge in [-0.15, -0.1) is 0 Å². The average Bonchev–Trinajstić information content (AvgIpc) is 2.92. The van der Waals surface area contributed by atoms with Gasteiger partial charge in [-0.25, -0.2) is 0 Å². The standard InChI is InChI=1S/C21H16N2O4/c1-2-26-15-9-5-8-13-16(14(10-22)21(23)27-20(13)15)17-18(24)11-6-3-4-7-12(11)19(17)25/h3-9,16-17H,2,23H2,1H3. The molecule has 2 aromatic rings. The number of fused-ring (bicyclic) bond motifs is 2. The number of benzene rings is 2. The van der Waals surface area contributed by atoms with Crippen LogP contribution in [0.3, 0.4) is 0 Å². The number of rotatable bonds is 3. The molecule has 1 aliphatic heterocycles. The van der Waals surface area contributed by atoms with Crippen LogP contribution in [0.1, 0.15) is 39.1 Å². The van der Waals surface area contributed by atoms with Gasteiger partial charge in [0.05, 0.1) is 18.1 Å². The third-order valence-electron chi connectivity index (χ3n) is 4.91. The molecule has 0 bridgehead atoms. The van der Waals surface area contributed by atoms with E-state index in [1.165, 1.54) is 0 Å². The number of carbonyl (C=O) groups is 2. The van der Waals surface area contributed by atoms with Gasteiger partial charge in [0.1, 0.15) is 6.07 Å². The van der Waals surface area contributed by atoms with E-state index in [1.807, 2.05) is 13.0 Å². The Morgan fingerprint density at radius 1 is 1.07 bits per heavy atom. The summed E-state index contributed by atoms with van der Waals surface area (Å²) >= 11 is 0. The molecule has 2 aliphatic rings. The fraction of sp³-hybridized carbons (Fsp3) is 0.190. The molecule has 2 N–H and O–H groups in total. The summed E-state index contributed by atoms with van der Waals surface area (Å²) in [5.41, 5.74) is 7.35. The SMILES string of the molecule is CCOc1cccc2c1OC(N)=C(C#N)C2C1C(=O)c2ccccc2C1=O. The molecule has 0 saturated carbocycles. The lowest BCUT2D eigenvalue weighted by Gasteiger charge is -2.29. The summed E-state index contributed by atoms with van der Waals surface area (Å²) < 4.78 is 11.2. The molecular weight excluding hydrogens is 344 g/mol. The molecule has 27 heavy (non-hydrogen) atoms. The monoisotopic (exact) mass is 360 g/mol. The van der Waals surface area contributed by atoms with Gasteiger partial charge in [-0.3, -0.25) is 9.59 Å². The smallest absolute Gasteiger partial charge is 0.205 e. The van der Waals surface area contributed by atoms with Crippen molar-refractivity contribution in [3.8, 4) is 17.6 Å². The van der Waals surface area contributed by atoms with Crippen molar-refractivity contribution in [3.05, 3.63) is 70.6 Å². The third kappa shape index (κ3) is 2.40. The van der Waals surface area contributed by atoms with Crippen molar-refractivity contribution in [1.29, 1.82) is 5.26 Å². The van der Waals surface area contributed by atoms with Crippen molar-refractivity contribution >= 4 is 11.6 Å². The van der Waals surface area contributed by atoms with Crippen LogP contribution in [-0.2, 0) is 0 Å². The number of hydrogen-bond acceptors (Lipinski definition) is 6. The number of ketones is 2. The van der Waals surface area contributed by atoms with E-state index in [0.29, 0.717) is 34.8 Å². The topological polar surface area (TPSA) is 102 Å². The minimum Gasteiger partial charge on any atom is -0.490 e. The van der Waals surface area contributed by atoms with Crippen LogP contribution in [-0.4, -0.2) is 18.2 Å². The highest BCUT2D eigenvalue weighted by Gasteiger charge is 2.48. The highest BCUT2D eigenvalue weighted by molar-refractivity contribution is 6.27. The summed E-state index contributed by atoms with van der Waals surface area (Å²) in [6.45, 7) is 2.24. The number of nitriles is 1. The second-order valence-electron chi connectivity index (χ2n) is 6.33. The van der Waals surface area contributed by atoms with E-state index in [0.717, 1.165) is 0 Å². The molecule has 0 radical (unpaired) electrons. The Morgan fingerprint density at radius 2 is 1.74 bits per heavy atom. The summed E-state index contributed by atoms with van der Waals surface area (Å²) in [6.07, 6.45) is 0. The van der Waals surface area contributed by atoms with Crippen LogP contribution in [0.4, 0.5) is 0 Å². The molecule has 1 aliphatic carbocycles. The number of allylic oxidation sites excluding steroid dienone is 1. The van der Waals surface area contributed by atoms with E-state index in [2.05, 4.69) is 0 Å². The van der Waals surface area contributed by atoms with E-state index in [1.54, 1.807) is 42.5 Å². The highest BCUT2D eigenvalue weighted by Crippen LogP contribution is 2.49. The predicted molar refractivity (Wildman–Crippen MR) is 96.4 cm³/mol. The van der Waals surface area contributed by atoms with Gasteiger partial charge in [-0.05, 0) is 13.0 Å². The van der Waals surface area contributed by atoms with Crippen LogP contribution in [0, 0.1) is 17.2 Å². The number of Topliss-reactive ketones (excluding diaryl/α,β-unsaturated/α-hetero) is 2. The Morgan fingerprint density at radius 3 is 2.33 bits per heavy atom. The Labute approximate surface area is 155 Å². The van der Waals surface area contributed by atoms with Crippen molar-refractivity contribution < 1.29 is 19.1 Å². The Kier molecular flexibility index (Phi) is 3.93. The molecule has 0 saturated heterocycles. The summed E-state index contributed by atoms with van der Waals surface area (Å²) in [7, 11) is 0. The molecule has 6 nitrogen and oxygen atoms in total. The number of nitrogens with two attached hydrogens (primary N) is 1. The summed E-state index contributed by atoms with van der Waals surface area (Å²) in [5.74, 6) is -1.79. The lowest BCUT2D eigenvalue weighted by molar-refractivity contribution is 0.0821. The van der Waals surface area contributed by atoms with Crippen molar-refractivity contribution in [2.24, 2.45) is 11.7 Å². The maximum atomic E-state index is 13.0. The second-order valence-corrected chi connectivity index (χ2v) is 6.33. The number of carbonyl (C=O) groups excluding carboxylic acids is 2. The Hall–Kier alpha value is -3.59. The molecule has 0 spiro atoms. The van der Waals surface area contributed by atoms with Crippen LogP contribution >= 0.6 is 0 Å². The lowest BCUT2D eigenvalue weighted by Crippen LogP contribution is -2.30. The molecule has 1 unspecified atom stereocenters. The second kappa shape index (κ2) is 6.29. The number of para-hydroxylation sites is 1. The van der Waals surface area contributed by atoms with Crippen molar-refractivity contribution in [1.82, 2.24) is 0 Å². The van der Waals surface area contributed by atoms with Gasteiger partial charge in [0.2, 0.25) is 5.88 Å². The van der Waals surface area contributed by atoms with Gasteiger partial charge in [-0.1, -0.05) is 36.4 Å². The van der Waals surface area contributed by atoms with Gasteiger partial charge in [0.25, 0.3) is 0 Å². The fourth-order valence-corrected chi connectivity index (χ4v) is 3.77. The molecule has 2 aromatic carbocycles. The van der Waals surface area contributed by atoms with Crippen LogP contribution < -0.4 is 15.2 Å². The van der Waals surface area contributed by atoms with Crippen molar-refractivity contribution in [3.63, 3.8) is 0 Å². The van der Waals surface area contributed by atoms with E-state index in [9.17, 15) is 14.9 Å². The predicted octanol–water partition coefficient (Wildman–Crippen LogP) is 2.95. The van der Waals surface area contributed by atoms with E-state index < -0.39 is 11.8 Å². The molecule has 1 atom stereocenters. The quantitative estimate of drug-likeness (QED) is 0.844. The van der Waals surface area contributed by atoms with E-state index in [4.69, 9.17) is 15.2 Å². The number of nitrogens with zero attached hydrogens (tertiary/aromatic N) is 1. The first-order valence-corrected chi connectivity index (χ1v) is 8.59. The van der Waals surface area contributed by atoms with Gasteiger partial charge in [0.15, 0.2) is 23.1 Å². The minimum atomic E-state index is -1.05. The number of ether oxygens (including phenoxy) is 2. The summed E-state index contributed by atoms with van der Waals surface area (Å²) in [4.78, 5) is 26.1. The first kappa shape index (κ1) is 16.9. The maximum absolute atomic E-state index is 13.0. The molecule has 0 fully saturated rings. The van der Waals surface area contributed by atoms with Crippen LogP contribution in [0.2, 0.25) is 0 Å². The normalized spacial score (nSPS) is 18.6. The zero-order valence-electron chi connectivity index (χ0n) is 14.6. The third-order valence-corrected chi connectivity index (χ3v) is 4.91. The zero-order chi connectivity index (χ0) is 19.1. The molecule has 4 rings (SSSR count). The molecule has 6 heteroatoms. The summed E-state index contributed by atoms with van der Waals surface area (Å²) in [6, 6.07) is 13.9. The molecule has 134 valence electrons. The van der Waals surface area contributed by atoms with Gasteiger partial charge in [-0.2, -0.15) is 5.26 Å². The lowest BCUT2D eigenvalue weighted by atomic mass is 9.77. The van der Waals surface area contributed by atoms with E-state index >= 15 is 0 Å². The first-order valence-electron chi connectivity index (χ1n) is 8.59. The molecular formula is C21H16N2O4. The average molecular weight is 360 g/mol. The number of hydrogen-bond donors (Lipinski definition) is 1. The van der Waals surface area contributed by atoms with E-state index in [-0.39, 0.29) is 23.0 Å². The Bertz CT molecular complexity index is 1010. The maximum Gasteiger partial charge on any atom is 0.205 e. The van der Waals surface area contributed by atoms with Crippen molar-refractivity contribution in [2.45, 2.75) is 12.8 Å². The molecule has 1 heterocycles. The Balaban J connectivity index is 1.91. The van der Waals surface area contributed by atoms with Crippen molar-refractivity contribution in [2.75, 3.05) is 6.61 Å². The molecule has 0 amide bonds. The zero-order valence-corrected chi connectivity index (χ0v) is 14.6. The largest absolute Gasteiger partial charge is 0.490 e. The van der Waals surface area contributed by atoms with Crippen LogP contribution in [0.15, 0.2) is 53.9 Å². The van der Waals surface area contributed by atoms with Gasteiger partial charge in [0, 0.05) is 22.6 Å². The molecule has 0 aromatic heterocycles. The van der Waals surface area contributed by atoms with Gasteiger partial charge >= 0.3 is 0 Å². The summed E-state index contributed by atoms with van der Waals surface area (Å²) in [5, 5.41) is 9.66. The highest BCUT2D eigenvalue weighted by atomic mass is 16.5. The first-order chi connectivity index (χ1) is 13.1. The van der Waals surface area contributed by atoms with Crippen LogP contribution in [0.25, 0.3) is 0 Å². The fourth-order valence-electron chi connectivity index (χ4n) is 3.77.